The number of ketones is 1. The van der Waals surface area contributed by atoms with E-state index >= 15 is 0 Å². The molecule has 0 aliphatic heterocycles. The lowest BCUT2D eigenvalue weighted by atomic mass is 9.95. The number of Topliss-reactive ketones (excluding diaryl/α,β-unsaturated/α-hetero) is 1. The van der Waals surface area contributed by atoms with Crippen molar-refractivity contribution in [2.75, 3.05) is 0 Å². The highest BCUT2D eigenvalue weighted by atomic mass is 19.1. The molecular weight excluding hydrogens is 361 g/mol. The van der Waals surface area contributed by atoms with Gasteiger partial charge in [0, 0.05) is 30.4 Å². The fourth-order valence-electron chi connectivity index (χ4n) is 3.01. The van der Waals surface area contributed by atoms with Crippen molar-refractivity contribution in [3.05, 3.63) is 71.5 Å². The van der Waals surface area contributed by atoms with E-state index in [9.17, 15) is 18.8 Å². The topological polar surface area (TPSA) is 83.5 Å². The number of carbonyl (C=O) groups is 3. The number of amides is 1. The van der Waals surface area contributed by atoms with Gasteiger partial charge in [-0.2, -0.15) is 0 Å². The Kier molecular flexibility index (Phi) is 7.87. The molecule has 2 N–H and O–H groups in total. The van der Waals surface area contributed by atoms with Crippen LogP contribution in [0.4, 0.5) is 4.39 Å². The van der Waals surface area contributed by atoms with Crippen LogP contribution in [-0.2, 0) is 16.0 Å². The second-order valence-corrected chi connectivity index (χ2v) is 6.87. The van der Waals surface area contributed by atoms with Gasteiger partial charge < -0.3 is 10.4 Å². The summed E-state index contributed by atoms with van der Waals surface area (Å²) >= 11 is 0. The van der Waals surface area contributed by atoms with Crippen molar-refractivity contribution in [2.24, 2.45) is 5.92 Å². The minimum absolute atomic E-state index is 0.0479. The average Bonchev–Trinajstić information content (AvgIpc) is 2.66. The number of carboxylic acid groups (broad SMARTS) is 1. The van der Waals surface area contributed by atoms with Gasteiger partial charge in [0.25, 0.3) is 0 Å². The van der Waals surface area contributed by atoms with Crippen LogP contribution in [-0.4, -0.2) is 28.8 Å². The monoisotopic (exact) mass is 385 g/mol. The van der Waals surface area contributed by atoms with Gasteiger partial charge in [-0.25, -0.2) is 4.39 Å². The van der Waals surface area contributed by atoms with Crippen molar-refractivity contribution in [3.8, 4) is 0 Å². The van der Waals surface area contributed by atoms with Crippen LogP contribution in [0.3, 0.4) is 0 Å². The molecule has 2 aromatic carbocycles. The maximum atomic E-state index is 13.3. The van der Waals surface area contributed by atoms with E-state index in [0.29, 0.717) is 12.8 Å². The van der Waals surface area contributed by atoms with Crippen LogP contribution in [0.1, 0.15) is 42.1 Å². The first-order valence-electron chi connectivity index (χ1n) is 9.20. The minimum Gasteiger partial charge on any atom is -0.481 e. The first-order valence-corrected chi connectivity index (χ1v) is 9.20. The number of halogens is 1. The predicted octanol–water partition coefficient (Wildman–Crippen LogP) is 3.63. The first-order chi connectivity index (χ1) is 13.3. The molecule has 1 amide bonds. The van der Waals surface area contributed by atoms with Gasteiger partial charge in [0.15, 0.2) is 5.78 Å². The Hall–Kier alpha value is -3.02. The smallest absolute Gasteiger partial charge is 0.303 e. The quantitative estimate of drug-likeness (QED) is 0.612. The Bertz CT molecular complexity index is 822. The zero-order valence-corrected chi connectivity index (χ0v) is 15.7. The molecule has 2 aromatic rings. The van der Waals surface area contributed by atoms with E-state index < -0.39 is 17.7 Å². The van der Waals surface area contributed by atoms with Crippen LogP contribution in [0.2, 0.25) is 0 Å². The first kappa shape index (κ1) is 21.3. The second kappa shape index (κ2) is 10.3. The molecule has 0 spiro atoms. The fraction of sp³-hybridized carbons (Fsp3) is 0.318. The third-order valence-corrected chi connectivity index (χ3v) is 4.45. The number of carboxylic acids is 1. The van der Waals surface area contributed by atoms with Crippen LogP contribution in [0.5, 0.6) is 0 Å². The Morgan fingerprint density at radius 1 is 1.07 bits per heavy atom. The Morgan fingerprint density at radius 3 is 2.43 bits per heavy atom. The lowest BCUT2D eigenvalue weighted by molar-refractivity contribution is -0.137. The highest BCUT2D eigenvalue weighted by Gasteiger charge is 2.21. The maximum Gasteiger partial charge on any atom is 0.303 e. The fourth-order valence-corrected chi connectivity index (χ4v) is 3.01. The van der Waals surface area contributed by atoms with E-state index in [4.69, 9.17) is 5.11 Å². The Labute approximate surface area is 163 Å². The van der Waals surface area contributed by atoms with E-state index in [1.165, 1.54) is 18.2 Å². The zero-order chi connectivity index (χ0) is 20.5. The molecular formula is C22H24FNO4. The molecule has 2 rings (SSSR count). The molecule has 0 aromatic heterocycles. The molecule has 0 saturated carbocycles. The Morgan fingerprint density at radius 2 is 1.79 bits per heavy atom. The van der Waals surface area contributed by atoms with Crippen molar-refractivity contribution >= 4 is 17.7 Å². The number of rotatable bonds is 10. The van der Waals surface area contributed by atoms with Crippen molar-refractivity contribution in [2.45, 2.75) is 38.6 Å². The number of nitrogens with one attached hydrogen (secondary N) is 1. The van der Waals surface area contributed by atoms with Gasteiger partial charge >= 0.3 is 5.97 Å². The molecule has 2 unspecified atom stereocenters. The minimum atomic E-state index is -0.929. The van der Waals surface area contributed by atoms with Gasteiger partial charge in [0.2, 0.25) is 5.91 Å². The summed E-state index contributed by atoms with van der Waals surface area (Å²) in [6.07, 6.45) is 0.692. The molecule has 0 saturated heterocycles. The summed E-state index contributed by atoms with van der Waals surface area (Å²) in [5.41, 5.74) is 1.22. The van der Waals surface area contributed by atoms with Crippen LogP contribution < -0.4 is 5.32 Å². The summed E-state index contributed by atoms with van der Waals surface area (Å²) < 4.78 is 13.3. The molecule has 0 heterocycles. The Balaban J connectivity index is 1.97. The van der Waals surface area contributed by atoms with Gasteiger partial charge in [0.1, 0.15) is 5.82 Å². The molecule has 6 heteroatoms. The lowest BCUT2D eigenvalue weighted by Crippen LogP contribution is -2.38. The van der Waals surface area contributed by atoms with Crippen molar-refractivity contribution in [1.29, 1.82) is 0 Å². The molecule has 0 radical (unpaired) electrons. The van der Waals surface area contributed by atoms with Crippen LogP contribution in [0.25, 0.3) is 0 Å². The van der Waals surface area contributed by atoms with E-state index in [0.717, 1.165) is 11.6 Å². The molecule has 2 atom stereocenters. The third kappa shape index (κ3) is 6.95. The summed E-state index contributed by atoms with van der Waals surface area (Å²) in [6, 6.07) is 14.5. The van der Waals surface area contributed by atoms with Gasteiger partial charge in [-0.05, 0) is 30.5 Å². The van der Waals surface area contributed by atoms with E-state index in [1.54, 1.807) is 6.92 Å². The van der Waals surface area contributed by atoms with E-state index in [1.807, 2.05) is 30.3 Å². The van der Waals surface area contributed by atoms with Crippen LogP contribution in [0, 0.1) is 11.7 Å². The third-order valence-electron chi connectivity index (χ3n) is 4.45. The average molecular weight is 385 g/mol. The van der Waals surface area contributed by atoms with Crippen molar-refractivity contribution in [1.82, 2.24) is 5.32 Å². The highest BCUT2D eigenvalue weighted by Crippen LogP contribution is 2.14. The maximum absolute atomic E-state index is 13.3. The van der Waals surface area contributed by atoms with Gasteiger partial charge in [0.05, 0.1) is 0 Å². The van der Waals surface area contributed by atoms with Gasteiger partial charge in [-0.1, -0.05) is 49.4 Å². The molecule has 28 heavy (non-hydrogen) atoms. The molecule has 148 valence electrons. The van der Waals surface area contributed by atoms with E-state index in [-0.39, 0.29) is 36.1 Å². The standard InChI is InChI=1S/C22H24FNO4/c1-15(22(28)17-8-5-9-18(23)14-17)12-20(25)24-19(10-11-21(26)27)13-16-6-3-2-4-7-16/h2-9,14-15,19H,10-13H2,1H3,(H,24,25)(H,26,27). The SMILES string of the molecule is CC(CC(=O)NC(CCC(=O)O)Cc1ccccc1)C(=O)c1cccc(F)c1. The molecule has 0 aliphatic carbocycles. The number of aliphatic carboxylic acids is 1. The highest BCUT2D eigenvalue weighted by molar-refractivity contribution is 5.99. The second-order valence-electron chi connectivity index (χ2n) is 6.87. The summed E-state index contributed by atoms with van der Waals surface area (Å²) in [5, 5.41) is 11.8. The molecule has 0 fully saturated rings. The number of hydrogen-bond acceptors (Lipinski definition) is 3. The van der Waals surface area contributed by atoms with Gasteiger partial charge in [-0.3, -0.25) is 14.4 Å². The van der Waals surface area contributed by atoms with Gasteiger partial charge in [-0.15, -0.1) is 0 Å². The lowest BCUT2D eigenvalue weighted by Gasteiger charge is -2.19. The summed E-state index contributed by atoms with van der Waals surface area (Å²) in [5.74, 6) is -2.68. The molecule has 0 aliphatic rings. The molecule has 0 bridgehead atoms. The van der Waals surface area contributed by atoms with E-state index in [2.05, 4.69) is 5.32 Å². The normalized spacial score (nSPS) is 12.8. The van der Waals surface area contributed by atoms with Crippen molar-refractivity contribution in [3.63, 3.8) is 0 Å². The van der Waals surface area contributed by atoms with Crippen LogP contribution >= 0.6 is 0 Å². The number of benzene rings is 2. The zero-order valence-electron chi connectivity index (χ0n) is 15.7. The predicted molar refractivity (Wildman–Crippen MR) is 103 cm³/mol. The van der Waals surface area contributed by atoms with Crippen molar-refractivity contribution < 1.29 is 23.9 Å². The largest absolute Gasteiger partial charge is 0.481 e. The number of carbonyl (C=O) groups excluding carboxylic acids is 2. The number of hydrogen-bond donors (Lipinski definition) is 2. The summed E-state index contributed by atoms with van der Waals surface area (Å²) in [4.78, 5) is 35.7. The summed E-state index contributed by atoms with van der Waals surface area (Å²) in [7, 11) is 0. The molecule has 5 nitrogen and oxygen atoms in total. The summed E-state index contributed by atoms with van der Waals surface area (Å²) in [6.45, 7) is 1.62. The van der Waals surface area contributed by atoms with Crippen LogP contribution in [0.15, 0.2) is 54.6 Å².